The van der Waals surface area contributed by atoms with E-state index in [2.05, 4.69) is 10.6 Å². The quantitative estimate of drug-likeness (QED) is 0.220. The van der Waals surface area contributed by atoms with E-state index in [1.54, 1.807) is 70.5 Å². The number of carbonyl (C=O) groups is 2. The van der Waals surface area contributed by atoms with Crippen LogP contribution in [0.3, 0.4) is 0 Å². The van der Waals surface area contributed by atoms with Gasteiger partial charge in [0.2, 0.25) is 0 Å². The fourth-order valence-electron chi connectivity index (χ4n) is 2.43. The van der Waals surface area contributed by atoms with E-state index in [0.717, 1.165) is 14.6 Å². The summed E-state index contributed by atoms with van der Waals surface area (Å²) in [7, 11) is 0. The lowest BCUT2D eigenvalue weighted by molar-refractivity contribution is 0.0948. The SMILES string of the molecule is O=C(NCCSc1sc(=S)sc1SCCNC(=O)c1ccccc1)c1ccccc1. The molecule has 2 aromatic carbocycles. The number of benzene rings is 2. The molecule has 2 N–H and O–H groups in total. The van der Waals surface area contributed by atoms with Gasteiger partial charge in [0, 0.05) is 35.7 Å². The van der Waals surface area contributed by atoms with Crippen molar-refractivity contribution in [2.24, 2.45) is 0 Å². The number of nitrogens with one attached hydrogen (secondary N) is 2. The van der Waals surface area contributed by atoms with Crippen molar-refractivity contribution in [2.75, 3.05) is 24.6 Å². The monoisotopic (exact) mass is 492 g/mol. The Bertz CT molecular complexity index is 939. The summed E-state index contributed by atoms with van der Waals surface area (Å²) in [6.07, 6.45) is 0. The first-order valence-electron chi connectivity index (χ1n) is 9.19. The van der Waals surface area contributed by atoms with Crippen LogP contribution in [-0.4, -0.2) is 36.4 Å². The lowest BCUT2D eigenvalue weighted by Gasteiger charge is -2.06. The van der Waals surface area contributed by atoms with Gasteiger partial charge in [-0.15, -0.1) is 46.2 Å². The molecule has 3 rings (SSSR count). The summed E-state index contributed by atoms with van der Waals surface area (Å²) in [6.45, 7) is 1.18. The molecule has 3 aromatic rings. The first-order chi connectivity index (χ1) is 14.6. The lowest BCUT2D eigenvalue weighted by atomic mass is 10.2. The Morgan fingerprint density at radius 3 is 1.53 bits per heavy atom. The van der Waals surface area contributed by atoms with Crippen molar-refractivity contribution in [3.63, 3.8) is 0 Å². The van der Waals surface area contributed by atoms with Gasteiger partial charge in [0.25, 0.3) is 11.8 Å². The third-order valence-corrected chi connectivity index (χ3v) is 9.42. The number of carbonyl (C=O) groups excluding carboxylic acids is 2. The Labute approximate surface area is 197 Å². The van der Waals surface area contributed by atoms with E-state index in [-0.39, 0.29) is 11.8 Å². The molecule has 0 radical (unpaired) electrons. The van der Waals surface area contributed by atoms with Gasteiger partial charge in [-0.25, -0.2) is 0 Å². The molecular formula is C21H20N2O2S5. The second kappa shape index (κ2) is 12.3. The normalized spacial score (nSPS) is 10.5. The third-order valence-electron chi connectivity index (χ3n) is 3.83. The summed E-state index contributed by atoms with van der Waals surface area (Å²) in [5.41, 5.74) is 1.34. The van der Waals surface area contributed by atoms with E-state index >= 15 is 0 Å². The van der Waals surface area contributed by atoms with Crippen LogP contribution in [0.4, 0.5) is 0 Å². The Hall–Kier alpha value is -1.65. The molecule has 0 fully saturated rings. The second-order valence-corrected chi connectivity index (χ2v) is 11.9. The zero-order chi connectivity index (χ0) is 21.2. The van der Waals surface area contributed by atoms with Gasteiger partial charge in [-0.05, 0) is 24.3 Å². The molecule has 0 spiro atoms. The minimum atomic E-state index is -0.0575. The Kier molecular flexibility index (Phi) is 9.41. The fraction of sp³-hybridized carbons (Fsp3) is 0.190. The number of hydrogen-bond donors (Lipinski definition) is 2. The smallest absolute Gasteiger partial charge is 0.251 e. The standard InChI is InChI=1S/C21H20N2O2S5/c24-17(15-7-3-1-4-8-15)22-11-13-27-19-20(30-21(26)29-19)28-14-12-23-18(25)16-9-5-2-6-10-16/h1-10H,11-14H2,(H,22,24)(H,23,25). The molecule has 0 aliphatic heterocycles. The minimum Gasteiger partial charge on any atom is -0.351 e. The molecular weight excluding hydrogens is 473 g/mol. The summed E-state index contributed by atoms with van der Waals surface area (Å²) in [5, 5.41) is 5.89. The number of rotatable bonds is 10. The van der Waals surface area contributed by atoms with Crippen LogP contribution in [0.25, 0.3) is 0 Å². The van der Waals surface area contributed by atoms with Crippen molar-refractivity contribution in [1.29, 1.82) is 0 Å². The van der Waals surface area contributed by atoms with Crippen molar-refractivity contribution in [1.82, 2.24) is 10.6 Å². The number of thioether (sulfide) groups is 2. The molecule has 30 heavy (non-hydrogen) atoms. The Balaban J connectivity index is 1.40. The van der Waals surface area contributed by atoms with E-state index in [9.17, 15) is 9.59 Å². The highest BCUT2D eigenvalue weighted by Crippen LogP contribution is 2.40. The predicted octanol–water partition coefficient (Wildman–Crippen LogP) is 5.58. The summed E-state index contributed by atoms with van der Waals surface area (Å²) in [6, 6.07) is 18.4. The number of amides is 2. The molecule has 2 amide bonds. The highest BCUT2D eigenvalue weighted by Gasteiger charge is 2.10. The maximum Gasteiger partial charge on any atom is 0.251 e. The van der Waals surface area contributed by atoms with E-state index < -0.39 is 0 Å². The van der Waals surface area contributed by atoms with Crippen molar-refractivity contribution < 1.29 is 9.59 Å². The fourth-order valence-corrected chi connectivity index (χ4v) is 8.39. The molecule has 1 heterocycles. The molecule has 4 nitrogen and oxygen atoms in total. The highest BCUT2D eigenvalue weighted by molar-refractivity contribution is 8.05. The molecule has 1 aromatic heterocycles. The first kappa shape index (κ1) is 23.0. The zero-order valence-corrected chi connectivity index (χ0v) is 20.0. The maximum atomic E-state index is 12.1. The lowest BCUT2D eigenvalue weighted by Crippen LogP contribution is -2.25. The summed E-state index contributed by atoms with van der Waals surface area (Å²) in [5.74, 6) is 1.44. The van der Waals surface area contributed by atoms with Gasteiger partial charge in [0.15, 0.2) is 0 Å². The van der Waals surface area contributed by atoms with E-state index in [4.69, 9.17) is 12.2 Å². The largest absolute Gasteiger partial charge is 0.351 e. The van der Waals surface area contributed by atoms with Crippen LogP contribution >= 0.6 is 58.4 Å². The van der Waals surface area contributed by atoms with Crippen molar-refractivity contribution >= 4 is 70.2 Å². The minimum absolute atomic E-state index is 0.0575. The molecule has 0 saturated heterocycles. The van der Waals surface area contributed by atoms with Gasteiger partial charge in [-0.3, -0.25) is 9.59 Å². The summed E-state index contributed by atoms with van der Waals surface area (Å²) < 4.78 is 3.25. The predicted molar refractivity (Wildman–Crippen MR) is 132 cm³/mol. The van der Waals surface area contributed by atoms with Crippen LogP contribution in [0.2, 0.25) is 0 Å². The van der Waals surface area contributed by atoms with E-state index in [1.165, 1.54) is 8.42 Å². The van der Waals surface area contributed by atoms with Crippen LogP contribution in [0.1, 0.15) is 20.7 Å². The third kappa shape index (κ3) is 7.24. The van der Waals surface area contributed by atoms with Gasteiger partial charge < -0.3 is 10.6 Å². The van der Waals surface area contributed by atoms with Crippen molar-refractivity contribution in [2.45, 2.75) is 8.42 Å². The van der Waals surface area contributed by atoms with Gasteiger partial charge in [0.1, 0.15) is 3.14 Å². The first-order valence-corrected chi connectivity index (χ1v) is 13.2. The van der Waals surface area contributed by atoms with Gasteiger partial charge in [0.05, 0.1) is 8.42 Å². The molecule has 0 bridgehead atoms. The van der Waals surface area contributed by atoms with E-state index in [0.29, 0.717) is 24.2 Å². The van der Waals surface area contributed by atoms with Gasteiger partial charge in [-0.1, -0.05) is 48.6 Å². The summed E-state index contributed by atoms with van der Waals surface area (Å²) in [4.78, 5) is 24.2. The van der Waals surface area contributed by atoms with Crippen LogP contribution in [-0.2, 0) is 0 Å². The van der Waals surface area contributed by atoms with Crippen molar-refractivity contribution in [3.05, 3.63) is 74.9 Å². The summed E-state index contributed by atoms with van der Waals surface area (Å²) >= 11 is 12.0. The Morgan fingerprint density at radius 1 is 0.733 bits per heavy atom. The molecule has 0 saturated carbocycles. The molecule has 156 valence electrons. The van der Waals surface area contributed by atoms with Crippen LogP contribution in [0, 0.1) is 3.14 Å². The molecule has 9 heteroatoms. The van der Waals surface area contributed by atoms with Crippen LogP contribution in [0.15, 0.2) is 69.1 Å². The zero-order valence-electron chi connectivity index (χ0n) is 16.0. The van der Waals surface area contributed by atoms with E-state index in [1.807, 2.05) is 36.4 Å². The maximum absolute atomic E-state index is 12.1. The number of hydrogen-bond acceptors (Lipinski definition) is 7. The molecule has 0 unspecified atom stereocenters. The average molecular weight is 493 g/mol. The van der Waals surface area contributed by atoms with Gasteiger partial charge >= 0.3 is 0 Å². The molecule has 0 atom stereocenters. The highest BCUT2D eigenvalue weighted by atomic mass is 32.2. The molecule has 0 aliphatic rings. The van der Waals surface area contributed by atoms with Crippen LogP contribution in [0.5, 0.6) is 0 Å². The molecule has 0 aliphatic carbocycles. The van der Waals surface area contributed by atoms with Crippen molar-refractivity contribution in [3.8, 4) is 0 Å². The van der Waals surface area contributed by atoms with Crippen LogP contribution < -0.4 is 10.6 Å². The average Bonchev–Trinajstić information content (AvgIpc) is 3.14. The topological polar surface area (TPSA) is 58.2 Å². The Morgan fingerprint density at radius 2 is 1.13 bits per heavy atom. The van der Waals surface area contributed by atoms with Gasteiger partial charge in [-0.2, -0.15) is 0 Å². The second-order valence-electron chi connectivity index (χ2n) is 5.97.